The van der Waals surface area contributed by atoms with Gasteiger partial charge in [0.05, 0.1) is 17.5 Å². The van der Waals surface area contributed by atoms with Crippen LogP contribution in [0.5, 0.6) is 5.88 Å². The summed E-state index contributed by atoms with van der Waals surface area (Å²) in [7, 11) is 0. The fourth-order valence-corrected chi connectivity index (χ4v) is 2.98. The van der Waals surface area contributed by atoms with Gasteiger partial charge in [0.25, 0.3) is 0 Å². The van der Waals surface area contributed by atoms with Gasteiger partial charge in [-0.15, -0.1) is 0 Å². The molecule has 152 valence electrons. The van der Waals surface area contributed by atoms with Gasteiger partial charge in [-0.25, -0.2) is 4.98 Å². The summed E-state index contributed by atoms with van der Waals surface area (Å²) in [6, 6.07) is 10.7. The van der Waals surface area contributed by atoms with Crippen LogP contribution in [0.25, 0.3) is 0 Å². The molecule has 0 fully saturated rings. The summed E-state index contributed by atoms with van der Waals surface area (Å²) in [6.45, 7) is 4.02. The van der Waals surface area contributed by atoms with E-state index in [1.165, 1.54) is 4.90 Å². The Morgan fingerprint density at radius 3 is 2.79 bits per heavy atom. The van der Waals surface area contributed by atoms with Crippen LogP contribution in [0, 0.1) is 0 Å². The number of amides is 3. The van der Waals surface area contributed by atoms with Crippen molar-refractivity contribution in [3.8, 4) is 5.88 Å². The average molecular weight is 396 g/mol. The number of hydrogen-bond donors (Lipinski definition) is 2. The van der Waals surface area contributed by atoms with Crippen molar-refractivity contribution in [2.24, 2.45) is 0 Å². The molecule has 1 aromatic heterocycles. The number of hydrogen-bond acceptors (Lipinski definition) is 5. The van der Waals surface area contributed by atoms with E-state index in [4.69, 9.17) is 4.74 Å². The molecule has 1 aliphatic heterocycles. The molecule has 0 saturated heterocycles. The molecule has 0 unspecified atom stereocenters. The van der Waals surface area contributed by atoms with Crippen molar-refractivity contribution in [2.45, 2.75) is 39.3 Å². The van der Waals surface area contributed by atoms with Gasteiger partial charge in [-0.1, -0.05) is 18.2 Å². The van der Waals surface area contributed by atoms with Crippen LogP contribution in [0.15, 0.2) is 42.6 Å². The average Bonchev–Trinajstić information content (AvgIpc) is 2.70. The minimum Gasteiger partial charge on any atom is -0.475 e. The second-order valence-corrected chi connectivity index (χ2v) is 6.96. The summed E-state index contributed by atoms with van der Waals surface area (Å²) in [5, 5.41) is 5.53. The van der Waals surface area contributed by atoms with Crippen molar-refractivity contribution in [1.82, 2.24) is 10.3 Å². The van der Waals surface area contributed by atoms with Gasteiger partial charge in [-0.2, -0.15) is 0 Å². The van der Waals surface area contributed by atoms with Gasteiger partial charge < -0.3 is 20.3 Å². The van der Waals surface area contributed by atoms with E-state index in [0.717, 1.165) is 5.56 Å². The third-order valence-corrected chi connectivity index (χ3v) is 4.31. The van der Waals surface area contributed by atoms with Gasteiger partial charge in [0.1, 0.15) is 6.54 Å². The molecule has 2 aromatic rings. The molecular weight excluding hydrogens is 372 g/mol. The first kappa shape index (κ1) is 20.3. The molecule has 0 aliphatic carbocycles. The zero-order chi connectivity index (χ0) is 20.8. The number of carbonyl (C=O) groups is 3. The Kier molecular flexibility index (Phi) is 6.43. The topological polar surface area (TPSA) is 101 Å². The maximum atomic E-state index is 12.6. The van der Waals surface area contributed by atoms with Crippen molar-refractivity contribution in [1.29, 1.82) is 0 Å². The summed E-state index contributed by atoms with van der Waals surface area (Å²) in [4.78, 5) is 42.3. The Hall–Kier alpha value is -3.42. The van der Waals surface area contributed by atoms with E-state index in [1.807, 2.05) is 19.9 Å². The highest BCUT2D eigenvalue weighted by Crippen LogP contribution is 2.29. The van der Waals surface area contributed by atoms with E-state index in [1.54, 1.807) is 36.5 Å². The second-order valence-electron chi connectivity index (χ2n) is 6.96. The monoisotopic (exact) mass is 396 g/mol. The molecule has 3 rings (SSSR count). The van der Waals surface area contributed by atoms with E-state index in [2.05, 4.69) is 15.6 Å². The quantitative estimate of drug-likeness (QED) is 0.748. The first-order valence-electron chi connectivity index (χ1n) is 9.50. The van der Waals surface area contributed by atoms with E-state index >= 15 is 0 Å². The van der Waals surface area contributed by atoms with Crippen LogP contribution in [-0.2, 0) is 20.9 Å². The smallest absolute Gasteiger partial charge is 0.244 e. The van der Waals surface area contributed by atoms with Gasteiger partial charge in [0, 0.05) is 31.1 Å². The third-order valence-electron chi connectivity index (χ3n) is 4.31. The number of ether oxygens (including phenoxy) is 1. The van der Waals surface area contributed by atoms with Crippen LogP contribution in [0.1, 0.15) is 32.3 Å². The lowest BCUT2D eigenvalue weighted by Crippen LogP contribution is -2.42. The van der Waals surface area contributed by atoms with Crippen molar-refractivity contribution in [3.63, 3.8) is 0 Å². The number of nitrogens with zero attached hydrogens (tertiary/aromatic N) is 2. The molecule has 0 bridgehead atoms. The Morgan fingerprint density at radius 2 is 2.00 bits per heavy atom. The Morgan fingerprint density at radius 1 is 1.21 bits per heavy atom. The fourth-order valence-electron chi connectivity index (χ4n) is 2.98. The molecular formula is C21H24N4O4. The number of pyridine rings is 1. The second kappa shape index (κ2) is 9.18. The summed E-state index contributed by atoms with van der Waals surface area (Å²) >= 11 is 0. The van der Waals surface area contributed by atoms with E-state index < -0.39 is 0 Å². The van der Waals surface area contributed by atoms with E-state index in [-0.39, 0.29) is 49.8 Å². The first-order chi connectivity index (χ1) is 13.9. The number of fused-ring (bicyclic) bond motifs is 1. The van der Waals surface area contributed by atoms with Gasteiger partial charge in [0.15, 0.2) is 0 Å². The molecule has 3 amide bonds. The predicted octanol–water partition coefficient (Wildman–Crippen LogP) is 2.25. The first-order valence-corrected chi connectivity index (χ1v) is 9.50. The molecule has 29 heavy (non-hydrogen) atoms. The molecule has 0 radical (unpaired) electrons. The van der Waals surface area contributed by atoms with Crippen LogP contribution in [-0.4, -0.2) is 35.4 Å². The number of aromatic nitrogens is 1. The zero-order valence-electron chi connectivity index (χ0n) is 16.5. The number of benzene rings is 1. The predicted molar refractivity (Wildman–Crippen MR) is 109 cm³/mol. The lowest BCUT2D eigenvalue weighted by molar-refractivity contribution is -0.125. The molecule has 0 atom stereocenters. The largest absolute Gasteiger partial charge is 0.475 e. The SMILES string of the molecule is CC(C)Oc1ncccc1CNC(=O)CCC(=O)N1CC(=O)Nc2ccccc21. The highest BCUT2D eigenvalue weighted by molar-refractivity contribution is 6.10. The molecule has 1 aromatic carbocycles. The lowest BCUT2D eigenvalue weighted by Gasteiger charge is -2.29. The molecule has 8 heteroatoms. The van der Waals surface area contributed by atoms with Gasteiger partial charge in [-0.05, 0) is 32.0 Å². The molecule has 0 spiro atoms. The number of carbonyl (C=O) groups excluding carboxylic acids is 3. The normalized spacial score (nSPS) is 12.9. The van der Waals surface area contributed by atoms with Crippen LogP contribution in [0.3, 0.4) is 0 Å². The number of nitrogens with one attached hydrogen (secondary N) is 2. The summed E-state index contributed by atoms with van der Waals surface area (Å²) in [6.07, 6.45) is 1.64. The standard InChI is InChI=1S/C21H24N4O4/c1-14(2)29-21-15(6-5-11-22-21)12-23-18(26)9-10-20(28)25-13-19(27)24-16-7-3-4-8-17(16)25/h3-8,11,14H,9-10,12-13H2,1-2H3,(H,23,26)(H,24,27). The van der Waals surface area contributed by atoms with Gasteiger partial charge in [0.2, 0.25) is 23.6 Å². The zero-order valence-corrected chi connectivity index (χ0v) is 16.5. The third kappa shape index (κ3) is 5.31. The highest BCUT2D eigenvalue weighted by Gasteiger charge is 2.26. The van der Waals surface area contributed by atoms with Crippen molar-refractivity contribution < 1.29 is 19.1 Å². The minimum atomic E-state index is -0.271. The molecule has 1 aliphatic rings. The summed E-state index contributed by atoms with van der Waals surface area (Å²) in [5.74, 6) is -0.300. The lowest BCUT2D eigenvalue weighted by atomic mass is 10.1. The van der Waals surface area contributed by atoms with E-state index in [0.29, 0.717) is 17.3 Å². The van der Waals surface area contributed by atoms with Gasteiger partial charge >= 0.3 is 0 Å². The Bertz CT molecular complexity index is 913. The molecule has 2 N–H and O–H groups in total. The number of anilines is 2. The maximum absolute atomic E-state index is 12.6. The van der Waals surface area contributed by atoms with Crippen molar-refractivity contribution in [2.75, 3.05) is 16.8 Å². The summed E-state index contributed by atoms with van der Waals surface area (Å²) < 4.78 is 5.64. The van der Waals surface area contributed by atoms with Crippen molar-refractivity contribution >= 4 is 29.1 Å². The minimum absolute atomic E-state index is 0.00976. The van der Waals surface area contributed by atoms with Crippen LogP contribution in [0.2, 0.25) is 0 Å². The van der Waals surface area contributed by atoms with Crippen LogP contribution in [0.4, 0.5) is 11.4 Å². The maximum Gasteiger partial charge on any atom is 0.244 e. The van der Waals surface area contributed by atoms with Crippen LogP contribution < -0.4 is 20.3 Å². The molecule has 8 nitrogen and oxygen atoms in total. The molecule has 0 saturated carbocycles. The number of para-hydroxylation sites is 2. The Balaban J connectivity index is 1.54. The highest BCUT2D eigenvalue weighted by atomic mass is 16.5. The molecule has 2 heterocycles. The number of rotatable bonds is 7. The Labute approximate surface area is 169 Å². The van der Waals surface area contributed by atoms with Gasteiger partial charge in [-0.3, -0.25) is 14.4 Å². The van der Waals surface area contributed by atoms with E-state index in [9.17, 15) is 14.4 Å². The van der Waals surface area contributed by atoms with Crippen molar-refractivity contribution in [3.05, 3.63) is 48.2 Å². The summed E-state index contributed by atoms with van der Waals surface area (Å²) in [5.41, 5.74) is 2.00. The van der Waals surface area contributed by atoms with Crippen LogP contribution >= 0.6 is 0 Å². The fraction of sp³-hybridized carbons (Fsp3) is 0.333.